The number of amides is 1. The standard InChI is InChI=1S/C15H20N2O3/c1-11-7-8-17(14(11)15(19)20)10-13(18)16-9-12-5-3-2-4-6-12/h2-6,11,14H,7-10H2,1H3,(H,16,18)(H,19,20). The number of carbonyl (C=O) groups excluding carboxylic acids is 1. The van der Waals surface area contributed by atoms with Gasteiger partial charge < -0.3 is 10.4 Å². The minimum Gasteiger partial charge on any atom is -0.480 e. The molecule has 1 aromatic carbocycles. The summed E-state index contributed by atoms with van der Waals surface area (Å²) in [5, 5.41) is 12.0. The van der Waals surface area contributed by atoms with Crippen LogP contribution in [0, 0.1) is 5.92 Å². The summed E-state index contributed by atoms with van der Waals surface area (Å²) in [5.74, 6) is -0.880. The summed E-state index contributed by atoms with van der Waals surface area (Å²) in [6.45, 7) is 3.20. The molecule has 0 saturated carbocycles. The largest absolute Gasteiger partial charge is 0.480 e. The van der Waals surface area contributed by atoms with Crippen molar-refractivity contribution in [1.29, 1.82) is 0 Å². The second-order valence-corrected chi connectivity index (χ2v) is 5.28. The molecule has 1 fully saturated rings. The molecule has 108 valence electrons. The number of rotatable bonds is 5. The second kappa shape index (κ2) is 6.52. The van der Waals surface area contributed by atoms with Crippen LogP contribution in [0.1, 0.15) is 18.9 Å². The summed E-state index contributed by atoms with van der Waals surface area (Å²) in [7, 11) is 0. The number of likely N-dealkylation sites (tertiary alicyclic amines) is 1. The number of aliphatic carboxylic acids is 1. The monoisotopic (exact) mass is 276 g/mol. The summed E-state index contributed by atoms with van der Waals surface area (Å²) in [4.78, 5) is 24.9. The zero-order chi connectivity index (χ0) is 14.5. The highest BCUT2D eigenvalue weighted by Gasteiger charge is 2.37. The van der Waals surface area contributed by atoms with Gasteiger partial charge in [-0.1, -0.05) is 37.3 Å². The van der Waals surface area contributed by atoms with Crippen LogP contribution in [-0.2, 0) is 16.1 Å². The van der Waals surface area contributed by atoms with Gasteiger partial charge in [-0.05, 0) is 24.4 Å². The highest BCUT2D eigenvalue weighted by molar-refractivity contribution is 5.80. The van der Waals surface area contributed by atoms with Crippen molar-refractivity contribution in [3.63, 3.8) is 0 Å². The average molecular weight is 276 g/mol. The first-order valence-electron chi connectivity index (χ1n) is 6.85. The third-order valence-electron chi connectivity index (χ3n) is 3.74. The Morgan fingerprint density at radius 1 is 1.35 bits per heavy atom. The van der Waals surface area contributed by atoms with Crippen molar-refractivity contribution in [3.05, 3.63) is 35.9 Å². The summed E-state index contributed by atoms with van der Waals surface area (Å²) in [5.41, 5.74) is 1.03. The molecule has 2 atom stereocenters. The molecule has 2 rings (SSSR count). The maximum Gasteiger partial charge on any atom is 0.321 e. The third-order valence-corrected chi connectivity index (χ3v) is 3.74. The Morgan fingerprint density at radius 2 is 2.05 bits per heavy atom. The van der Waals surface area contributed by atoms with Gasteiger partial charge in [-0.15, -0.1) is 0 Å². The van der Waals surface area contributed by atoms with E-state index in [9.17, 15) is 14.7 Å². The summed E-state index contributed by atoms with van der Waals surface area (Å²) in [6.07, 6.45) is 0.822. The lowest BCUT2D eigenvalue weighted by Gasteiger charge is -2.22. The molecule has 2 N–H and O–H groups in total. The molecular weight excluding hydrogens is 256 g/mol. The van der Waals surface area contributed by atoms with Crippen LogP contribution < -0.4 is 5.32 Å². The van der Waals surface area contributed by atoms with Gasteiger partial charge in [0, 0.05) is 6.54 Å². The van der Waals surface area contributed by atoms with E-state index in [0.29, 0.717) is 13.1 Å². The molecule has 20 heavy (non-hydrogen) atoms. The van der Waals surface area contributed by atoms with E-state index in [1.807, 2.05) is 37.3 Å². The van der Waals surface area contributed by atoms with E-state index in [0.717, 1.165) is 12.0 Å². The van der Waals surface area contributed by atoms with Crippen molar-refractivity contribution >= 4 is 11.9 Å². The van der Waals surface area contributed by atoms with Gasteiger partial charge in [-0.25, -0.2) is 0 Å². The number of carbonyl (C=O) groups is 2. The van der Waals surface area contributed by atoms with Gasteiger partial charge in [-0.2, -0.15) is 0 Å². The second-order valence-electron chi connectivity index (χ2n) is 5.28. The van der Waals surface area contributed by atoms with Crippen molar-refractivity contribution < 1.29 is 14.7 Å². The Kier molecular flexibility index (Phi) is 4.74. The summed E-state index contributed by atoms with van der Waals surface area (Å²) < 4.78 is 0. The fourth-order valence-electron chi connectivity index (χ4n) is 2.64. The van der Waals surface area contributed by atoms with Crippen LogP contribution in [0.4, 0.5) is 0 Å². The number of nitrogens with zero attached hydrogens (tertiary/aromatic N) is 1. The lowest BCUT2D eigenvalue weighted by Crippen LogP contribution is -2.44. The normalized spacial score (nSPS) is 22.6. The van der Waals surface area contributed by atoms with E-state index in [1.165, 1.54) is 0 Å². The van der Waals surface area contributed by atoms with Gasteiger partial charge in [0.2, 0.25) is 5.91 Å². The lowest BCUT2D eigenvalue weighted by molar-refractivity contribution is -0.143. The Morgan fingerprint density at radius 3 is 2.70 bits per heavy atom. The molecule has 1 amide bonds. The van der Waals surface area contributed by atoms with E-state index in [-0.39, 0.29) is 18.4 Å². The van der Waals surface area contributed by atoms with Crippen LogP contribution in [0.25, 0.3) is 0 Å². The van der Waals surface area contributed by atoms with E-state index >= 15 is 0 Å². The van der Waals surface area contributed by atoms with Crippen molar-refractivity contribution in [3.8, 4) is 0 Å². The van der Waals surface area contributed by atoms with Crippen molar-refractivity contribution in [2.24, 2.45) is 5.92 Å². The molecule has 0 spiro atoms. The Balaban J connectivity index is 1.84. The first-order valence-corrected chi connectivity index (χ1v) is 6.85. The Bertz CT molecular complexity index is 475. The lowest BCUT2D eigenvalue weighted by atomic mass is 10.0. The molecule has 5 heteroatoms. The van der Waals surface area contributed by atoms with E-state index in [4.69, 9.17) is 0 Å². The Hall–Kier alpha value is -1.88. The zero-order valence-corrected chi connectivity index (χ0v) is 11.6. The summed E-state index contributed by atoms with van der Waals surface area (Å²) in [6, 6.07) is 9.11. The number of carboxylic acid groups (broad SMARTS) is 1. The number of hydrogen-bond donors (Lipinski definition) is 2. The fraction of sp³-hybridized carbons (Fsp3) is 0.467. The van der Waals surface area contributed by atoms with Crippen LogP contribution in [0.3, 0.4) is 0 Å². The van der Waals surface area contributed by atoms with Gasteiger partial charge in [-0.3, -0.25) is 14.5 Å². The van der Waals surface area contributed by atoms with E-state index in [2.05, 4.69) is 5.32 Å². The molecule has 1 aromatic rings. The van der Waals surface area contributed by atoms with Gasteiger partial charge >= 0.3 is 5.97 Å². The first-order chi connectivity index (χ1) is 9.58. The maximum atomic E-state index is 11.9. The molecule has 1 aliphatic rings. The van der Waals surface area contributed by atoms with Crippen LogP contribution >= 0.6 is 0 Å². The average Bonchev–Trinajstić information content (AvgIpc) is 2.78. The minimum absolute atomic E-state index is 0.0921. The zero-order valence-electron chi connectivity index (χ0n) is 11.6. The van der Waals surface area contributed by atoms with E-state index in [1.54, 1.807) is 4.90 Å². The molecule has 0 radical (unpaired) electrons. The number of benzene rings is 1. The third kappa shape index (κ3) is 3.57. The van der Waals surface area contributed by atoms with Gasteiger partial charge in [0.05, 0.1) is 6.54 Å². The molecule has 0 aromatic heterocycles. The van der Waals surface area contributed by atoms with Crippen LogP contribution in [0.5, 0.6) is 0 Å². The molecule has 0 aliphatic carbocycles. The number of hydrogen-bond acceptors (Lipinski definition) is 3. The number of carboxylic acids is 1. The fourth-order valence-corrected chi connectivity index (χ4v) is 2.64. The van der Waals surface area contributed by atoms with Gasteiger partial charge in [0.25, 0.3) is 0 Å². The molecule has 5 nitrogen and oxygen atoms in total. The first kappa shape index (κ1) is 14.5. The molecule has 1 heterocycles. The van der Waals surface area contributed by atoms with Crippen molar-refractivity contribution in [2.75, 3.05) is 13.1 Å². The predicted molar refractivity (Wildman–Crippen MR) is 75.1 cm³/mol. The SMILES string of the molecule is CC1CCN(CC(=O)NCc2ccccc2)C1C(=O)O. The van der Waals surface area contributed by atoms with Crippen LogP contribution in [-0.4, -0.2) is 41.0 Å². The topological polar surface area (TPSA) is 69.6 Å². The highest BCUT2D eigenvalue weighted by Crippen LogP contribution is 2.23. The van der Waals surface area contributed by atoms with Gasteiger partial charge in [0.15, 0.2) is 0 Å². The predicted octanol–water partition coefficient (Wildman–Crippen LogP) is 1.10. The van der Waals surface area contributed by atoms with Gasteiger partial charge in [0.1, 0.15) is 6.04 Å². The molecule has 0 bridgehead atoms. The quantitative estimate of drug-likeness (QED) is 0.845. The van der Waals surface area contributed by atoms with Crippen LogP contribution in [0.15, 0.2) is 30.3 Å². The number of nitrogens with one attached hydrogen (secondary N) is 1. The van der Waals surface area contributed by atoms with Crippen molar-refractivity contribution in [2.45, 2.75) is 25.9 Å². The summed E-state index contributed by atoms with van der Waals surface area (Å²) >= 11 is 0. The molecule has 1 aliphatic heterocycles. The maximum absolute atomic E-state index is 11.9. The minimum atomic E-state index is -0.842. The smallest absolute Gasteiger partial charge is 0.321 e. The van der Waals surface area contributed by atoms with Crippen LogP contribution in [0.2, 0.25) is 0 Å². The van der Waals surface area contributed by atoms with E-state index < -0.39 is 12.0 Å². The molecular formula is C15H20N2O3. The van der Waals surface area contributed by atoms with Crippen molar-refractivity contribution in [1.82, 2.24) is 10.2 Å². The molecule has 2 unspecified atom stereocenters. The Labute approximate surface area is 118 Å². The highest BCUT2D eigenvalue weighted by atomic mass is 16.4. The molecule has 1 saturated heterocycles.